The van der Waals surface area contributed by atoms with Crippen molar-refractivity contribution < 1.29 is 14.7 Å². The van der Waals surface area contributed by atoms with Crippen molar-refractivity contribution in [2.24, 2.45) is 4.99 Å². The van der Waals surface area contributed by atoms with Crippen LogP contribution in [0, 0.1) is 6.92 Å². The molecule has 4 heterocycles. The number of likely N-dealkylation sites (N-methyl/N-ethyl adjacent to an activating group) is 1. The molecule has 0 amide bonds. The highest BCUT2D eigenvalue weighted by Gasteiger charge is 2.24. The molecular formula is C24H24N6O3. The maximum Gasteiger partial charge on any atom is 0.417 e. The van der Waals surface area contributed by atoms with Crippen molar-refractivity contribution in [2.45, 2.75) is 33.2 Å². The molecule has 0 fully saturated rings. The minimum atomic E-state index is -1.08. The van der Waals surface area contributed by atoms with E-state index in [9.17, 15) is 14.7 Å². The van der Waals surface area contributed by atoms with Gasteiger partial charge in [0.1, 0.15) is 11.3 Å². The first kappa shape index (κ1) is 22.0. The van der Waals surface area contributed by atoms with Gasteiger partial charge in [0.2, 0.25) is 5.96 Å². The molecule has 0 spiro atoms. The van der Waals surface area contributed by atoms with E-state index in [-0.39, 0.29) is 6.04 Å². The fraction of sp³-hybridized carbons (Fsp3) is 0.250. The second-order valence-corrected chi connectivity index (χ2v) is 8.06. The number of guanidine groups is 1. The highest BCUT2D eigenvalue weighted by molar-refractivity contribution is 5.97. The Labute approximate surface area is 190 Å². The van der Waals surface area contributed by atoms with E-state index in [2.05, 4.69) is 15.3 Å². The van der Waals surface area contributed by atoms with Gasteiger partial charge in [-0.1, -0.05) is 6.07 Å². The number of hydrogen-bond donors (Lipinski definition) is 2. The monoisotopic (exact) mass is 444 g/mol. The van der Waals surface area contributed by atoms with Crippen LogP contribution in [0.2, 0.25) is 0 Å². The maximum absolute atomic E-state index is 11.7. The molecule has 33 heavy (non-hydrogen) atoms. The van der Waals surface area contributed by atoms with E-state index < -0.39 is 6.09 Å². The molecule has 0 saturated heterocycles. The number of nitrogens with zero attached hydrogens (tertiary/aromatic N) is 5. The lowest BCUT2D eigenvalue weighted by Gasteiger charge is -2.28. The van der Waals surface area contributed by atoms with E-state index in [0.717, 1.165) is 26.8 Å². The SMILES string of the molecule is Cc1nc(C2=CNC(=NC(C)C)N(C)C2=C=O)ccc1Cc1cn(C(=O)O)c2ncccc12. The zero-order valence-corrected chi connectivity index (χ0v) is 18.8. The third kappa shape index (κ3) is 4.14. The smallest absolute Gasteiger partial charge is 0.417 e. The van der Waals surface area contributed by atoms with Crippen LogP contribution in [0.1, 0.15) is 36.4 Å². The summed E-state index contributed by atoms with van der Waals surface area (Å²) in [5.74, 6) is 2.58. The summed E-state index contributed by atoms with van der Waals surface area (Å²) in [7, 11) is 1.76. The van der Waals surface area contributed by atoms with Crippen molar-refractivity contribution in [3.63, 3.8) is 0 Å². The predicted molar refractivity (Wildman–Crippen MR) is 126 cm³/mol. The van der Waals surface area contributed by atoms with Gasteiger partial charge in [0.05, 0.1) is 11.3 Å². The third-order valence-corrected chi connectivity index (χ3v) is 5.43. The van der Waals surface area contributed by atoms with Crippen LogP contribution in [0.25, 0.3) is 16.6 Å². The lowest BCUT2D eigenvalue weighted by Crippen LogP contribution is -2.40. The van der Waals surface area contributed by atoms with Crippen LogP contribution < -0.4 is 5.32 Å². The summed E-state index contributed by atoms with van der Waals surface area (Å²) < 4.78 is 1.13. The van der Waals surface area contributed by atoms with E-state index in [1.54, 1.807) is 36.6 Å². The summed E-state index contributed by atoms with van der Waals surface area (Å²) in [6, 6.07) is 7.51. The van der Waals surface area contributed by atoms with E-state index >= 15 is 0 Å². The van der Waals surface area contributed by atoms with Crippen LogP contribution in [-0.2, 0) is 11.2 Å². The van der Waals surface area contributed by atoms with Crippen LogP contribution in [0.4, 0.5) is 4.79 Å². The van der Waals surface area contributed by atoms with Gasteiger partial charge in [-0.15, -0.1) is 0 Å². The molecule has 4 rings (SSSR count). The lowest BCUT2D eigenvalue weighted by atomic mass is 10.0. The van der Waals surface area contributed by atoms with Gasteiger partial charge in [-0.05, 0) is 50.1 Å². The minimum absolute atomic E-state index is 0.0692. The lowest BCUT2D eigenvalue weighted by molar-refractivity contribution is 0.197. The van der Waals surface area contributed by atoms with Crippen LogP contribution in [-0.4, -0.2) is 55.6 Å². The molecule has 168 valence electrons. The molecule has 0 aliphatic carbocycles. The summed E-state index contributed by atoms with van der Waals surface area (Å²) in [6.07, 6.45) is 4.31. The van der Waals surface area contributed by atoms with Crippen LogP contribution in [0.5, 0.6) is 0 Å². The highest BCUT2D eigenvalue weighted by atomic mass is 16.4. The molecule has 3 aromatic heterocycles. The molecule has 0 radical (unpaired) electrons. The molecule has 2 N–H and O–H groups in total. The number of rotatable bonds is 4. The fourth-order valence-electron chi connectivity index (χ4n) is 3.82. The Morgan fingerprint density at radius 3 is 2.73 bits per heavy atom. The molecule has 0 unspecified atom stereocenters. The molecule has 1 aliphatic rings. The summed E-state index contributed by atoms with van der Waals surface area (Å²) >= 11 is 0. The molecule has 3 aromatic rings. The third-order valence-electron chi connectivity index (χ3n) is 5.43. The second kappa shape index (κ2) is 8.72. The van der Waals surface area contributed by atoms with Crippen molar-refractivity contribution in [3.05, 3.63) is 71.1 Å². The second-order valence-electron chi connectivity index (χ2n) is 8.06. The Bertz CT molecular complexity index is 1360. The van der Waals surface area contributed by atoms with E-state index in [4.69, 9.17) is 4.98 Å². The zero-order chi connectivity index (χ0) is 23.7. The van der Waals surface area contributed by atoms with Crippen molar-refractivity contribution >= 4 is 34.6 Å². The number of nitrogens with one attached hydrogen (secondary N) is 1. The molecule has 0 aromatic carbocycles. The van der Waals surface area contributed by atoms with Gasteiger partial charge in [0, 0.05) is 49.2 Å². The number of pyridine rings is 2. The number of aliphatic imine (C=N–C) groups is 1. The van der Waals surface area contributed by atoms with Crippen molar-refractivity contribution in [2.75, 3.05) is 7.05 Å². The van der Waals surface area contributed by atoms with Crippen LogP contribution >= 0.6 is 0 Å². The van der Waals surface area contributed by atoms with E-state index in [0.29, 0.717) is 35.0 Å². The normalized spacial score (nSPS) is 15.1. The topological polar surface area (TPSA) is 113 Å². The number of carbonyl (C=O) groups is 1. The Morgan fingerprint density at radius 1 is 1.27 bits per heavy atom. The Kier molecular flexibility index (Phi) is 5.81. The van der Waals surface area contributed by atoms with Crippen LogP contribution in [0.15, 0.2) is 53.5 Å². The average Bonchev–Trinajstić information content (AvgIpc) is 3.15. The minimum Gasteiger partial charge on any atom is -0.464 e. The summed E-state index contributed by atoms with van der Waals surface area (Å²) in [6.45, 7) is 5.81. The number of carboxylic acid groups (broad SMARTS) is 1. The zero-order valence-electron chi connectivity index (χ0n) is 18.8. The number of aryl methyl sites for hydroxylation is 1. The first-order valence-electron chi connectivity index (χ1n) is 10.5. The molecule has 9 nitrogen and oxygen atoms in total. The first-order chi connectivity index (χ1) is 15.8. The molecule has 0 atom stereocenters. The van der Waals surface area contributed by atoms with Gasteiger partial charge < -0.3 is 15.3 Å². The Balaban J connectivity index is 1.68. The predicted octanol–water partition coefficient (Wildman–Crippen LogP) is 3.21. The first-order valence-corrected chi connectivity index (χ1v) is 10.5. The maximum atomic E-state index is 11.7. The number of carbonyl (C=O) groups excluding carboxylic acids is 1. The Morgan fingerprint density at radius 2 is 2.06 bits per heavy atom. The summed E-state index contributed by atoms with van der Waals surface area (Å²) in [4.78, 5) is 38.4. The number of allylic oxidation sites excluding steroid dienone is 1. The number of hydrogen-bond acceptors (Lipinski definition) is 5. The van der Waals surface area contributed by atoms with Gasteiger partial charge in [-0.2, -0.15) is 0 Å². The fourth-order valence-corrected chi connectivity index (χ4v) is 3.82. The molecule has 1 aliphatic heterocycles. The van der Waals surface area contributed by atoms with Gasteiger partial charge in [-0.25, -0.2) is 24.1 Å². The highest BCUT2D eigenvalue weighted by Crippen LogP contribution is 2.27. The largest absolute Gasteiger partial charge is 0.464 e. The van der Waals surface area contributed by atoms with Crippen molar-refractivity contribution in [3.8, 4) is 0 Å². The van der Waals surface area contributed by atoms with Gasteiger partial charge >= 0.3 is 6.09 Å². The van der Waals surface area contributed by atoms with Crippen LogP contribution in [0.3, 0.4) is 0 Å². The van der Waals surface area contributed by atoms with E-state index in [1.807, 2.05) is 44.9 Å². The number of aromatic nitrogens is 3. The van der Waals surface area contributed by atoms with Gasteiger partial charge in [-0.3, -0.25) is 4.98 Å². The summed E-state index contributed by atoms with van der Waals surface area (Å²) in [5, 5.41) is 13.4. The summed E-state index contributed by atoms with van der Waals surface area (Å²) in [5.41, 5.74) is 4.58. The van der Waals surface area contributed by atoms with Gasteiger partial charge in [0.25, 0.3) is 0 Å². The Hall–Kier alpha value is -4.23. The molecule has 9 heteroatoms. The van der Waals surface area contributed by atoms with Gasteiger partial charge in [0.15, 0.2) is 5.94 Å². The van der Waals surface area contributed by atoms with E-state index in [1.165, 1.54) is 0 Å². The quantitative estimate of drug-likeness (QED) is 0.594. The molecular weight excluding hydrogens is 420 g/mol. The molecule has 0 bridgehead atoms. The van der Waals surface area contributed by atoms with Crippen molar-refractivity contribution in [1.82, 2.24) is 24.8 Å². The average molecular weight is 444 g/mol. The van der Waals surface area contributed by atoms with Crippen molar-refractivity contribution in [1.29, 1.82) is 0 Å². The number of fused-ring (bicyclic) bond motifs is 1. The standard InChI is InChI=1S/C24H24N6O3/c1-14(2)27-23-26-11-19(21(13-31)29(23)4)20-8-7-16(15(3)28-20)10-17-12-30(24(32)33)22-18(17)6-5-9-25-22/h5-9,11-12,14H,10H2,1-4H3,(H,26,27)(H,32,33). The molecule has 0 saturated carbocycles.